The van der Waals surface area contributed by atoms with Crippen LogP contribution < -0.4 is 4.72 Å². The molecule has 0 fully saturated rings. The number of hydrogen-bond donors (Lipinski definition) is 1. The third kappa shape index (κ3) is 3.75. The second kappa shape index (κ2) is 6.73. The van der Waals surface area contributed by atoms with Gasteiger partial charge in [0.1, 0.15) is 5.82 Å². The number of nitrogens with one attached hydrogen (secondary N) is 1. The summed E-state index contributed by atoms with van der Waals surface area (Å²) in [6.45, 7) is 1.64. The van der Waals surface area contributed by atoms with Crippen LogP contribution in [-0.4, -0.2) is 23.2 Å². The summed E-state index contributed by atoms with van der Waals surface area (Å²) in [5, 5.41) is 4.11. The number of benzene rings is 1. The molecule has 1 N–H and O–H groups in total. The summed E-state index contributed by atoms with van der Waals surface area (Å²) in [5.41, 5.74) is 2.79. The van der Waals surface area contributed by atoms with Crippen molar-refractivity contribution in [1.29, 1.82) is 0 Å². The number of hydrogen-bond acceptors (Lipinski definition) is 4. The van der Waals surface area contributed by atoms with E-state index in [1.54, 1.807) is 30.2 Å². The van der Waals surface area contributed by atoms with Gasteiger partial charge in [0.2, 0.25) is 10.0 Å². The molecular weight excluding hydrogens is 343 g/mol. The van der Waals surface area contributed by atoms with Gasteiger partial charge in [0.15, 0.2) is 0 Å². The molecule has 2 aromatic heterocycles. The van der Waals surface area contributed by atoms with Crippen LogP contribution in [0, 0.1) is 12.7 Å². The summed E-state index contributed by atoms with van der Waals surface area (Å²) >= 11 is 0. The van der Waals surface area contributed by atoms with Crippen LogP contribution >= 0.6 is 0 Å². The van der Waals surface area contributed by atoms with Crippen LogP contribution in [0.15, 0.2) is 53.8 Å². The molecule has 6 nitrogen and oxygen atoms in total. The van der Waals surface area contributed by atoms with Crippen LogP contribution in [0.3, 0.4) is 0 Å². The molecule has 0 atom stereocenters. The highest BCUT2D eigenvalue weighted by molar-refractivity contribution is 7.89. The molecule has 1 aromatic carbocycles. The molecule has 3 rings (SSSR count). The largest absolute Gasteiger partial charge is 0.268 e. The predicted molar refractivity (Wildman–Crippen MR) is 91.6 cm³/mol. The van der Waals surface area contributed by atoms with Gasteiger partial charge in [0.25, 0.3) is 0 Å². The monoisotopic (exact) mass is 360 g/mol. The lowest BCUT2D eigenvalue weighted by Gasteiger charge is -2.10. The summed E-state index contributed by atoms with van der Waals surface area (Å²) in [7, 11) is -1.92. The van der Waals surface area contributed by atoms with E-state index in [1.807, 2.05) is 19.2 Å². The van der Waals surface area contributed by atoms with Gasteiger partial charge in [0.05, 0.1) is 10.6 Å². The molecular formula is C17H17FN4O2S. The van der Waals surface area contributed by atoms with E-state index in [1.165, 1.54) is 12.1 Å². The molecule has 8 heteroatoms. The zero-order valence-corrected chi connectivity index (χ0v) is 14.6. The van der Waals surface area contributed by atoms with Crippen molar-refractivity contribution in [3.8, 4) is 11.3 Å². The molecule has 130 valence electrons. The first-order valence-electron chi connectivity index (χ1n) is 7.55. The van der Waals surface area contributed by atoms with Gasteiger partial charge in [-0.05, 0) is 48.4 Å². The highest BCUT2D eigenvalue weighted by Gasteiger charge is 2.17. The van der Waals surface area contributed by atoms with Crippen LogP contribution in [-0.2, 0) is 23.6 Å². The second-order valence-corrected chi connectivity index (χ2v) is 7.39. The van der Waals surface area contributed by atoms with Crippen molar-refractivity contribution in [1.82, 2.24) is 19.5 Å². The number of pyridine rings is 1. The topological polar surface area (TPSA) is 76.9 Å². The van der Waals surface area contributed by atoms with E-state index in [-0.39, 0.29) is 11.4 Å². The zero-order chi connectivity index (χ0) is 18.0. The Hall–Kier alpha value is -2.58. The summed E-state index contributed by atoms with van der Waals surface area (Å²) in [6.07, 6.45) is 4.97. The van der Waals surface area contributed by atoms with E-state index < -0.39 is 15.8 Å². The molecule has 3 aromatic rings. The lowest BCUT2D eigenvalue weighted by Crippen LogP contribution is -2.24. The smallest absolute Gasteiger partial charge is 0.241 e. The van der Waals surface area contributed by atoms with Gasteiger partial charge >= 0.3 is 0 Å². The van der Waals surface area contributed by atoms with Crippen molar-refractivity contribution in [2.45, 2.75) is 18.4 Å². The Bertz CT molecular complexity index is 1010. The molecule has 0 aliphatic heterocycles. The average Bonchev–Trinajstić information content (AvgIpc) is 2.99. The maximum absolute atomic E-state index is 13.2. The maximum atomic E-state index is 13.2. The van der Waals surface area contributed by atoms with Gasteiger partial charge in [-0.1, -0.05) is 0 Å². The van der Waals surface area contributed by atoms with Crippen molar-refractivity contribution in [3.05, 3.63) is 65.9 Å². The van der Waals surface area contributed by atoms with Crippen LogP contribution in [0.4, 0.5) is 4.39 Å². The lowest BCUT2D eigenvalue weighted by molar-refractivity contribution is 0.579. The molecule has 0 amide bonds. The summed E-state index contributed by atoms with van der Waals surface area (Å²) in [5.74, 6) is -0.468. The van der Waals surface area contributed by atoms with Gasteiger partial charge in [0, 0.05) is 37.7 Å². The number of aryl methyl sites for hydroxylation is 2. The average molecular weight is 360 g/mol. The van der Waals surface area contributed by atoms with E-state index in [0.717, 1.165) is 17.3 Å². The number of rotatable bonds is 5. The number of halogens is 1. The Morgan fingerprint density at radius 3 is 2.68 bits per heavy atom. The Morgan fingerprint density at radius 2 is 2.00 bits per heavy atom. The van der Waals surface area contributed by atoms with Gasteiger partial charge < -0.3 is 0 Å². The van der Waals surface area contributed by atoms with E-state index in [0.29, 0.717) is 11.1 Å². The summed E-state index contributed by atoms with van der Waals surface area (Å²) < 4.78 is 42.3. The minimum absolute atomic E-state index is 0.0599. The Balaban J connectivity index is 1.80. The number of aromatic nitrogens is 3. The third-order valence-corrected chi connectivity index (χ3v) is 5.37. The van der Waals surface area contributed by atoms with Gasteiger partial charge in [-0.2, -0.15) is 5.10 Å². The van der Waals surface area contributed by atoms with Crippen molar-refractivity contribution in [2.24, 2.45) is 7.05 Å². The molecule has 0 spiro atoms. The minimum Gasteiger partial charge on any atom is -0.268 e. The van der Waals surface area contributed by atoms with Gasteiger partial charge in [-0.3, -0.25) is 9.67 Å². The maximum Gasteiger partial charge on any atom is 0.241 e. The zero-order valence-electron chi connectivity index (χ0n) is 13.8. The van der Waals surface area contributed by atoms with E-state index >= 15 is 0 Å². The first kappa shape index (κ1) is 17.2. The number of nitrogens with zero attached hydrogens (tertiary/aromatic N) is 3. The van der Waals surface area contributed by atoms with Crippen molar-refractivity contribution >= 4 is 10.0 Å². The minimum atomic E-state index is -3.74. The Morgan fingerprint density at radius 1 is 1.20 bits per heavy atom. The predicted octanol–water partition coefficient (Wildman–Crippen LogP) is 2.41. The van der Waals surface area contributed by atoms with E-state index in [2.05, 4.69) is 14.8 Å². The molecule has 0 saturated carbocycles. The molecule has 0 aliphatic carbocycles. The molecule has 25 heavy (non-hydrogen) atoms. The fourth-order valence-corrected chi connectivity index (χ4v) is 3.79. The first-order valence-corrected chi connectivity index (χ1v) is 9.03. The SMILES string of the molecule is Cc1cc(F)ccc1S(=O)(=O)NCc1cncc(-c2ccnn2C)c1. The quantitative estimate of drug-likeness (QED) is 0.758. The fraction of sp³-hybridized carbons (Fsp3) is 0.176. The van der Waals surface area contributed by atoms with Crippen molar-refractivity contribution < 1.29 is 12.8 Å². The van der Waals surface area contributed by atoms with E-state index in [4.69, 9.17) is 0 Å². The first-order chi connectivity index (χ1) is 11.9. The Labute approximate surface area is 145 Å². The number of sulfonamides is 1. The normalized spacial score (nSPS) is 11.6. The molecule has 0 bridgehead atoms. The summed E-state index contributed by atoms with van der Waals surface area (Å²) in [6, 6.07) is 7.29. The highest BCUT2D eigenvalue weighted by Crippen LogP contribution is 2.19. The van der Waals surface area contributed by atoms with E-state index in [9.17, 15) is 12.8 Å². The van der Waals surface area contributed by atoms with Gasteiger partial charge in [-0.25, -0.2) is 17.5 Å². The van der Waals surface area contributed by atoms with Crippen LogP contribution in [0.25, 0.3) is 11.3 Å². The lowest BCUT2D eigenvalue weighted by atomic mass is 10.1. The second-order valence-electron chi connectivity index (χ2n) is 5.66. The third-order valence-electron chi connectivity index (χ3n) is 3.80. The van der Waals surface area contributed by atoms with Crippen LogP contribution in [0.5, 0.6) is 0 Å². The summed E-state index contributed by atoms with van der Waals surface area (Å²) in [4.78, 5) is 4.22. The highest BCUT2D eigenvalue weighted by atomic mass is 32.2. The van der Waals surface area contributed by atoms with Crippen molar-refractivity contribution in [2.75, 3.05) is 0 Å². The molecule has 0 unspecified atom stereocenters. The Kier molecular flexibility index (Phi) is 4.65. The fourth-order valence-electron chi connectivity index (χ4n) is 2.55. The van der Waals surface area contributed by atoms with Gasteiger partial charge in [-0.15, -0.1) is 0 Å². The van der Waals surface area contributed by atoms with Crippen LogP contribution in [0.1, 0.15) is 11.1 Å². The molecule has 0 aliphatic rings. The van der Waals surface area contributed by atoms with Crippen molar-refractivity contribution in [3.63, 3.8) is 0 Å². The molecule has 0 saturated heterocycles. The standard InChI is InChI=1S/C17H17FN4O2S/c1-12-7-15(18)3-4-17(12)25(23,24)21-10-13-8-14(11-19-9-13)16-5-6-20-22(16)2/h3-9,11,21H,10H2,1-2H3. The molecule has 2 heterocycles. The molecule has 0 radical (unpaired) electrons. The van der Waals surface area contributed by atoms with Crippen LogP contribution in [0.2, 0.25) is 0 Å².